The standard InChI is InChI=1S/C51H58NO20P/c1-8-64-47(59)70-40(38(31-18-12-9-13-19-31)52-44(56)32-20-14-10-15-21-32)46(58)69-34-25-51(60)43(71-45(57)33-22-16-11-17-23-33)41-49(7,42(55)39(68-29(3)53)37(28(34)2)48(51,5)6)35(66-27-67-73(61,62)63)24-36-50(41,26-65-36)72-30(4)54/h9-23,34-36,38-41,43,60H,8,24-27H2,1-7H3,(H,52,56)(H2,61,62,63)/t34-,35-,36+,38-,39+,40+,41?,43-,49+,50-,51+/m0/s1/i44+2. The molecule has 1 heterocycles. The van der Waals surface area contributed by atoms with E-state index in [1.807, 2.05) is 0 Å². The van der Waals surface area contributed by atoms with Gasteiger partial charge in [-0.1, -0.05) is 80.6 Å². The van der Waals surface area contributed by atoms with Crippen LogP contribution in [-0.4, -0.2) is 124 Å². The molecule has 3 aromatic rings. The average Bonchev–Trinajstić information content (AvgIpc) is 3.33. The van der Waals surface area contributed by atoms with Crippen LogP contribution in [0.15, 0.2) is 102 Å². The molecule has 392 valence electrons. The van der Waals surface area contributed by atoms with Crippen molar-refractivity contribution < 1.29 is 95.4 Å². The molecule has 22 heteroatoms. The summed E-state index contributed by atoms with van der Waals surface area (Å²) in [5.74, 6) is -7.58. The van der Waals surface area contributed by atoms with Crippen LogP contribution in [0.25, 0.3) is 0 Å². The Hall–Kier alpha value is -6.32. The monoisotopic (exact) mass is 1040 g/mol. The number of esters is 4. The Morgan fingerprint density at radius 1 is 0.890 bits per heavy atom. The van der Waals surface area contributed by atoms with Gasteiger partial charge in [0.25, 0.3) is 5.91 Å². The summed E-state index contributed by atoms with van der Waals surface area (Å²) in [5, 5.41) is 16.8. The molecule has 1 unspecified atom stereocenters. The zero-order chi connectivity index (χ0) is 53.3. The molecule has 1 aliphatic heterocycles. The van der Waals surface area contributed by atoms with E-state index in [0.29, 0.717) is 0 Å². The fraction of sp³-hybridized carbons (Fsp3) is 0.471. The van der Waals surface area contributed by atoms with Crippen LogP contribution in [0.3, 0.4) is 0 Å². The van der Waals surface area contributed by atoms with E-state index >= 15 is 9.59 Å². The topological polar surface area (TPSA) is 292 Å². The van der Waals surface area contributed by atoms with Gasteiger partial charge in [0.05, 0.1) is 36.2 Å². The Morgan fingerprint density at radius 2 is 1.51 bits per heavy atom. The van der Waals surface area contributed by atoms with Gasteiger partial charge in [-0.25, -0.2) is 18.9 Å². The maximum Gasteiger partial charge on any atom is 0.509 e. The lowest BCUT2D eigenvalue weighted by molar-refractivity contribution is -0.350. The number of amides is 1. The maximum absolute atomic E-state index is 16.1. The number of phosphoric acid groups is 1. The van der Waals surface area contributed by atoms with E-state index in [4.69, 9.17) is 37.9 Å². The molecular formula is C51H58NO20P. The second-order valence-electron chi connectivity index (χ2n) is 19.0. The van der Waals surface area contributed by atoms with E-state index in [2.05, 4.69) is 9.84 Å². The number of carbonyl (C=O) groups excluding carboxylic acids is 7. The first-order valence-electron chi connectivity index (χ1n) is 23.4. The summed E-state index contributed by atoms with van der Waals surface area (Å²) < 4.78 is 64.3. The van der Waals surface area contributed by atoms with Crippen LogP contribution in [-0.2, 0) is 66.2 Å². The molecule has 2 saturated carbocycles. The summed E-state index contributed by atoms with van der Waals surface area (Å²) in [5.41, 5.74) is -8.19. The predicted molar refractivity (Wildman–Crippen MR) is 250 cm³/mol. The molecule has 0 radical (unpaired) electrons. The van der Waals surface area contributed by atoms with Crippen LogP contribution in [0.5, 0.6) is 0 Å². The lowest BCUT2D eigenvalue weighted by Gasteiger charge is -2.67. The molecule has 4 aliphatic rings. The van der Waals surface area contributed by atoms with E-state index in [0.717, 1.165) is 13.8 Å². The molecule has 0 aromatic heterocycles. The highest BCUT2D eigenvalue weighted by atomic mass is 31.2. The van der Waals surface area contributed by atoms with Crippen molar-refractivity contribution in [3.8, 4) is 0 Å². The predicted octanol–water partition coefficient (Wildman–Crippen LogP) is 5.01. The number of ketones is 1. The fourth-order valence-corrected chi connectivity index (χ4v) is 11.1. The van der Waals surface area contributed by atoms with Crippen molar-refractivity contribution in [2.75, 3.05) is 20.0 Å². The van der Waals surface area contributed by atoms with Gasteiger partial charge in [-0.2, -0.15) is 0 Å². The summed E-state index contributed by atoms with van der Waals surface area (Å²) in [6, 6.07) is 22.1. The minimum Gasteiger partial charge on any atom is -0.455 e. The normalized spacial score (nSPS) is 28.9. The van der Waals surface area contributed by atoms with Crippen molar-refractivity contribution in [1.82, 2.24) is 5.32 Å². The minimum atomic E-state index is -5.19. The summed E-state index contributed by atoms with van der Waals surface area (Å²) >= 11 is 0. The van der Waals surface area contributed by atoms with Crippen LogP contribution in [0.4, 0.5) is 4.79 Å². The summed E-state index contributed by atoms with van der Waals surface area (Å²) in [6.45, 7) is 7.68. The van der Waals surface area contributed by atoms with Gasteiger partial charge < -0.3 is 58.1 Å². The molecule has 4 N–H and O–H groups in total. The van der Waals surface area contributed by atoms with Crippen molar-refractivity contribution in [3.05, 3.63) is 119 Å². The first-order valence-corrected chi connectivity index (χ1v) is 24.9. The Balaban J connectivity index is 1.45. The molecule has 11 atom stereocenters. The van der Waals surface area contributed by atoms with E-state index in [9.17, 15) is 43.4 Å². The van der Waals surface area contributed by atoms with Gasteiger partial charge >= 0.3 is 37.9 Å². The number of ether oxygens (including phenoxy) is 8. The van der Waals surface area contributed by atoms with Gasteiger partial charge in [0, 0.05) is 37.7 Å². The molecule has 21 nitrogen and oxygen atoms in total. The van der Waals surface area contributed by atoms with Gasteiger partial charge in [-0.3, -0.25) is 23.7 Å². The largest absolute Gasteiger partial charge is 0.509 e. The number of phosphoric ester groups is 1. The van der Waals surface area contributed by atoms with Crippen molar-refractivity contribution >= 4 is 49.5 Å². The molecule has 3 aliphatic carbocycles. The third kappa shape index (κ3) is 10.6. The molecule has 7 rings (SSSR count). The number of hydrogen-bond donors (Lipinski definition) is 4. The minimum absolute atomic E-state index is 0.0208. The SMILES string of the molecule is CCOC(=O)O[C@@H](C(=O)O[C@H]1C[C@@]2(O)[C@@H](OC(=O)c3ccccc3)C3[C@](C)(C(=O)[C@H](OC(C)=O)C(=C1C)C2(C)C)[C@@H](OCOP(=O)(O)O)C[C@H]1OC[C@@]31OC(C)=O)[C@@H](N[14C](=O)c1ccccc1)c1ccccc1. The first-order chi connectivity index (χ1) is 34.4. The maximum atomic E-state index is 16.1. The quantitative estimate of drug-likeness (QED) is 0.0482. The Bertz CT molecular complexity index is 2680. The number of carbonyl (C=O) groups is 7. The molecule has 0 spiro atoms. The highest BCUT2D eigenvalue weighted by Gasteiger charge is 2.79. The molecule has 3 fully saturated rings. The molecule has 73 heavy (non-hydrogen) atoms. The summed E-state index contributed by atoms with van der Waals surface area (Å²) in [4.78, 5) is 119. The Morgan fingerprint density at radius 3 is 2.07 bits per heavy atom. The lowest BCUT2D eigenvalue weighted by Crippen LogP contribution is -2.82. The van der Waals surface area contributed by atoms with Crippen molar-refractivity contribution in [2.24, 2.45) is 16.7 Å². The van der Waals surface area contributed by atoms with Gasteiger partial charge in [0.2, 0.25) is 6.10 Å². The number of benzene rings is 3. The Labute approximate surface area is 420 Å². The highest BCUT2D eigenvalue weighted by molar-refractivity contribution is 7.46. The van der Waals surface area contributed by atoms with Gasteiger partial charge in [-0.15, -0.1) is 0 Å². The molecule has 1 amide bonds. The average molecular weight is 1040 g/mol. The zero-order valence-corrected chi connectivity index (χ0v) is 41.9. The van der Waals surface area contributed by atoms with Gasteiger partial charge in [-0.05, 0) is 61.7 Å². The molecule has 1 saturated heterocycles. The Kier molecular flexibility index (Phi) is 15.9. The van der Waals surface area contributed by atoms with Gasteiger partial charge in [0.15, 0.2) is 24.3 Å². The second kappa shape index (κ2) is 21.3. The first kappa shape index (κ1) is 54.5. The number of hydrogen-bond acceptors (Lipinski definition) is 18. The highest BCUT2D eigenvalue weighted by Crippen LogP contribution is 2.65. The van der Waals surface area contributed by atoms with Crippen LogP contribution < -0.4 is 5.32 Å². The second-order valence-corrected chi connectivity index (χ2v) is 20.2. The number of nitrogens with one attached hydrogen (secondary N) is 1. The smallest absolute Gasteiger partial charge is 0.455 e. The van der Waals surface area contributed by atoms with Crippen molar-refractivity contribution in [2.45, 2.75) is 115 Å². The molecular weight excluding hydrogens is 980 g/mol. The van der Waals surface area contributed by atoms with Crippen LogP contribution in [0.2, 0.25) is 0 Å². The number of fused-ring (bicyclic) bond motifs is 5. The van der Waals surface area contributed by atoms with Crippen molar-refractivity contribution in [1.29, 1.82) is 0 Å². The van der Waals surface area contributed by atoms with E-state index < -0.39 is 140 Å². The molecule has 2 bridgehead atoms. The third-order valence-electron chi connectivity index (χ3n) is 14.4. The number of rotatable bonds is 16. The zero-order valence-electron chi connectivity index (χ0n) is 41.0. The van der Waals surface area contributed by atoms with E-state index in [-0.39, 0.29) is 40.9 Å². The van der Waals surface area contributed by atoms with Crippen LogP contribution >= 0.6 is 7.82 Å². The summed E-state index contributed by atoms with van der Waals surface area (Å²) in [6.07, 6.45) is -12.7. The lowest BCUT2D eigenvalue weighted by atomic mass is 9.44. The van der Waals surface area contributed by atoms with E-state index in [1.165, 1.54) is 58.9 Å². The third-order valence-corrected chi connectivity index (χ3v) is 14.8. The fourth-order valence-electron chi connectivity index (χ4n) is 10.9. The summed E-state index contributed by atoms with van der Waals surface area (Å²) in [7, 11) is -5.19. The van der Waals surface area contributed by atoms with Gasteiger partial charge in [0.1, 0.15) is 30.0 Å². The van der Waals surface area contributed by atoms with Crippen molar-refractivity contribution in [3.63, 3.8) is 0 Å². The van der Waals surface area contributed by atoms with E-state index in [1.54, 1.807) is 66.7 Å². The van der Waals surface area contributed by atoms with Crippen LogP contribution in [0, 0.1) is 16.7 Å². The number of Topliss-reactive ketones (excluding diaryl/α,β-unsaturated/α-hetero) is 1. The van der Waals surface area contributed by atoms with Crippen LogP contribution in [0.1, 0.15) is 93.6 Å². The molecule has 3 aromatic carbocycles. The number of aliphatic hydroxyl groups is 1.